The van der Waals surface area contributed by atoms with Crippen LogP contribution in [0.5, 0.6) is 5.75 Å². The number of rotatable bonds is 2. The molecule has 2 heterocycles. The number of amides is 1. The van der Waals surface area contributed by atoms with Crippen molar-refractivity contribution in [1.82, 2.24) is 5.43 Å². The van der Waals surface area contributed by atoms with Crippen molar-refractivity contribution in [3.63, 3.8) is 0 Å². The van der Waals surface area contributed by atoms with E-state index in [1.807, 2.05) is 35.7 Å². The summed E-state index contributed by atoms with van der Waals surface area (Å²) in [5.41, 5.74) is 4.40. The molecule has 1 N–H and O–H groups in total. The molecular weight excluding hydrogens is 260 g/mol. The Morgan fingerprint density at radius 1 is 1.26 bits per heavy atom. The molecule has 1 aliphatic heterocycles. The predicted octanol–water partition coefficient (Wildman–Crippen LogP) is 2.66. The lowest BCUT2D eigenvalue weighted by molar-refractivity contribution is 0.0958. The molecule has 1 aromatic carbocycles. The van der Waals surface area contributed by atoms with Gasteiger partial charge in [-0.2, -0.15) is 5.10 Å². The van der Waals surface area contributed by atoms with Crippen molar-refractivity contribution in [1.29, 1.82) is 0 Å². The van der Waals surface area contributed by atoms with Gasteiger partial charge in [-0.15, -0.1) is 11.3 Å². The van der Waals surface area contributed by atoms with Crippen LogP contribution < -0.4 is 10.2 Å². The maximum absolute atomic E-state index is 11.8. The number of thiophene rings is 1. The average molecular weight is 272 g/mol. The molecule has 1 aromatic heterocycles. The highest BCUT2D eigenvalue weighted by molar-refractivity contribution is 7.12. The lowest BCUT2D eigenvalue weighted by atomic mass is 10.0. The molecule has 0 aliphatic carbocycles. The molecule has 0 unspecified atom stereocenters. The van der Waals surface area contributed by atoms with Gasteiger partial charge < -0.3 is 4.74 Å². The second kappa shape index (κ2) is 5.24. The van der Waals surface area contributed by atoms with Crippen LogP contribution in [-0.4, -0.2) is 18.2 Å². The molecule has 0 atom stereocenters. The number of hydrogen-bond donors (Lipinski definition) is 1. The van der Waals surface area contributed by atoms with Crippen molar-refractivity contribution in [2.24, 2.45) is 5.10 Å². The van der Waals surface area contributed by atoms with E-state index in [0.717, 1.165) is 17.0 Å². The molecular formula is C14H12N2O2S. The summed E-state index contributed by atoms with van der Waals surface area (Å²) in [4.78, 5) is 12.5. The monoisotopic (exact) mass is 272 g/mol. The maximum atomic E-state index is 11.8. The zero-order valence-corrected chi connectivity index (χ0v) is 10.9. The molecule has 1 aliphatic rings. The first-order valence-electron chi connectivity index (χ1n) is 5.97. The Kier molecular flexibility index (Phi) is 3.29. The Hall–Kier alpha value is -2.14. The van der Waals surface area contributed by atoms with Crippen molar-refractivity contribution in [3.8, 4) is 5.75 Å². The summed E-state index contributed by atoms with van der Waals surface area (Å²) < 4.78 is 5.54. The third kappa shape index (κ3) is 2.51. The van der Waals surface area contributed by atoms with Gasteiger partial charge in [0.1, 0.15) is 5.75 Å². The fourth-order valence-electron chi connectivity index (χ4n) is 1.92. The predicted molar refractivity (Wildman–Crippen MR) is 74.9 cm³/mol. The van der Waals surface area contributed by atoms with E-state index in [1.165, 1.54) is 11.3 Å². The van der Waals surface area contributed by atoms with Crippen molar-refractivity contribution in [2.45, 2.75) is 6.42 Å². The van der Waals surface area contributed by atoms with Crippen LogP contribution >= 0.6 is 11.3 Å². The maximum Gasteiger partial charge on any atom is 0.281 e. The van der Waals surface area contributed by atoms with E-state index >= 15 is 0 Å². The fourth-order valence-corrected chi connectivity index (χ4v) is 2.53. The van der Waals surface area contributed by atoms with E-state index in [1.54, 1.807) is 6.07 Å². The number of benzene rings is 1. The first-order valence-corrected chi connectivity index (χ1v) is 6.85. The summed E-state index contributed by atoms with van der Waals surface area (Å²) in [6, 6.07) is 11.3. The van der Waals surface area contributed by atoms with E-state index < -0.39 is 0 Å². The van der Waals surface area contributed by atoms with Gasteiger partial charge in [-0.05, 0) is 23.6 Å². The minimum atomic E-state index is -0.175. The van der Waals surface area contributed by atoms with Gasteiger partial charge in [-0.1, -0.05) is 18.2 Å². The molecule has 0 spiro atoms. The minimum absolute atomic E-state index is 0.175. The van der Waals surface area contributed by atoms with Crippen LogP contribution in [0.1, 0.15) is 21.7 Å². The van der Waals surface area contributed by atoms with Crippen LogP contribution in [0.2, 0.25) is 0 Å². The smallest absolute Gasteiger partial charge is 0.281 e. The van der Waals surface area contributed by atoms with Crippen molar-refractivity contribution in [3.05, 3.63) is 52.2 Å². The van der Waals surface area contributed by atoms with E-state index in [9.17, 15) is 4.79 Å². The van der Waals surface area contributed by atoms with Gasteiger partial charge in [0.2, 0.25) is 0 Å². The Labute approximate surface area is 114 Å². The molecule has 4 nitrogen and oxygen atoms in total. The molecule has 2 aromatic rings. The first-order chi connectivity index (χ1) is 9.34. The number of nitrogens with zero attached hydrogens (tertiary/aromatic N) is 1. The summed E-state index contributed by atoms with van der Waals surface area (Å²) in [7, 11) is 0. The number of nitrogens with one attached hydrogen (secondary N) is 1. The number of carbonyl (C=O) groups excluding carboxylic acids is 1. The summed E-state index contributed by atoms with van der Waals surface area (Å²) in [6.45, 7) is 0.588. The van der Waals surface area contributed by atoms with Gasteiger partial charge >= 0.3 is 0 Å². The van der Waals surface area contributed by atoms with Crippen LogP contribution in [0.3, 0.4) is 0 Å². The Balaban J connectivity index is 1.80. The molecule has 1 amide bonds. The standard InChI is InChI=1S/C14H12N2O2S/c17-14(13-6-3-9-19-13)16-15-11-7-8-18-12-5-2-1-4-10(11)12/h1-6,9H,7-8H2,(H,16,17). The van der Waals surface area contributed by atoms with Gasteiger partial charge in [0.15, 0.2) is 0 Å². The number of hydrazone groups is 1. The quantitative estimate of drug-likeness (QED) is 0.854. The van der Waals surface area contributed by atoms with Crippen LogP contribution in [0.15, 0.2) is 46.9 Å². The third-order valence-corrected chi connectivity index (χ3v) is 3.70. The Morgan fingerprint density at radius 3 is 3.00 bits per heavy atom. The molecule has 0 bridgehead atoms. The van der Waals surface area contributed by atoms with Crippen molar-refractivity contribution < 1.29 is 9.53 Å². The Bertz CT molecular complexity index is 620. The Morgan fingerprint density at radius 2 is 2.16 bits per heavy atom. The summed E-state index contributed by atoms with van der Waals surface area (Å²) >= 11 is 1.40. The molecule has 0 radical (unpaired) electrons. The number of ether oxygens (including phenoxy) is 1. The van der Waals surface area contributed by atoms with E-state index in [4.69, 9.17) is 4.74 Å². The second-order valence-corrected chi connectivity index (χ2v) is 5.02. The largest absolute Gasteiger partial charge is 0.492 e. The van der Waals surface area contributed by atoms with Gasteiger partial charge in [0.25, 0.3) is 5.91 Å². The van der Waals surface area contributed by atoms with E-state index in [2.05, 4.69) is 10.5 Å². The number of para-hydroxylation sites is 1. The summed E-state index contributed by atoms with van der Waals surface area (Å²) in [5.74, 6) is 0.643. The first kappa shape index (κ1) is 11.9. The van der Waals surface area contributed by atoms with Crippen LogP contribution in [-0.2, 0) is 0 Å². The van der Waals surface area contributed by atoms with Gasteiger partial charge in [-0.3, -0.25) is 4.79 Å². The van der Waals surface area contributed by atoms with Crippen LogP contribution in [0.25, 0.3) is 0 Å². The summed E-state index contributed by atoms with van der Waals surface area (Å²) in [5, 5.41) is 6.09. The molecule has 5 heteroatoms. The molecule has 0 saturated heterocycles. The van der Waals surface area contributed by atoms with Crippen LogP contribution in [0.4, 0.5) is 0 Å². The zero-order chi connectivity index (χ0) is 13.1. The van der Waals surface area contributed by atoms with Gasteiger partial charge in [-0.25, -0.2) is 5.43 Å². The van der Waals surface area contributed by atoms with E-state index in [-0.39, 0.29) is 5.91 Å². The lowest BCUT2D eigenvalue weighted by Gasteiger charge is -2.18. The highest BCUT2D eigenvalue weighted by atomic mass is 32.1. The third-order valence-electron chi connectivity index (χ3n) is 2.83. The number of fused-ring (bicyclic) bond motifs is 1. The van der Waals surface area contributed by atoms with Crippen molar-refractivity contribution in [2.75, 3.05) is 6.61 Å². The molecule has 3 rings (SSSR count). The van der Waals surface area contributed by atoms with Gasteiger partial charge in [0.05, 0.1) is 17.2 Å². The minimum Gasteiger partial charge on any atom is -0.492 e. The topological polar surface area (TPSA) is 50.7 Å². The molecule has 96 valence electrons. The van der Waals surface area contributed by atoms with E-state index in [0.29, 0.717) is 17.9 Å². The number of carbonyl (C=O) groups is 1. The highest BCUT2D eigenvalue weighted by Crippen LogP contribution is 2.24. The molecule has 0 fully saturated rings. The van der Waals surface area contributed by atoms with Gasteiger partial charge in [0, 0.05) is 12.0 Å². The number of hydrogen-bond acceptors (Lipinski definition) is 4. The summed E-state index contributed by atoms with van der Waals surface area (Å²) in [6.07, 6.45) is 0.696. The van der Waals surface area contributed by atoms with Crippen LogP contribution in [0, 0.1) is 0 Å². The second-order valence-electron chi connectivity index (χ2n) is 4.07. The zero-order valence-electron chi connectivity index (χ0n) is 10.1. The molecule has 0 saturated carbocycles. The fraction of sp³-hybridized carbons (Fsp3) is 0.143. The highest BCUT2D eigenvalue weighted by Gasteiger charge is 2.16. The normalized spacial score (nSPS) is 15.7. The molecule has 19 heavy (non-hydrogen) atoms. The average Bonchev–Trinajstić information content (AvgIpc) is 2.99. The SMILES string of the molecule is O=C(NN=C1CCOc2ccccc21)c1cccs1. The van der Waals surface area contributed by atoms with Crippen molar-refractivity contribution >= 4 is 23.0 Å². The lowest BCUT2D eigenvalue weighted by Crippen LogP contribution is -2.22.